The highest BCUT2D eigenvalue weighted by atomic mass is 79.9. The van der Waals surface area contributed by atoms with Crippen molar-refractivity contribution in [2.75, 3.05) is 40.9 Å². The summed E-state index contributed by atoms with van der Waals surface area (Å²) in [5.74, 6) is 2.03. The van der Waals surface area contributed by atoms with Crippen LogP contribution in [0.5, 0.6) is 11.5 Å². The lowest BCUT2D eigenvalue weighted by atomic mass is 9.68. The van der Waals surface area contributed by atoms with E-state index in [1.165, 1.54) is 11.1 Å². The van der Waals surface area contributed by atoms with E-state index in [1.54, 1.807) is 14.2 Å². The zero-order valence-electron chi connectivity index (χ0n) is 19.1. The maximum Gasteiger partial charge on any atom is 0.160 e. The van der Waals surface area contributed by atoms with Gasteiger partial charge in [0, 0.05) is 23.0 Å². The molecule has 0 aliphatic rings. The van der Waals surface area contributed by atoms with Crippen molar-refractivity contribution in [3.63, 3.8) is 0 Å². The van der Waals surface area contributed by atoms with Crippen LogP contribution in [0.2, 0.25) is 0 Å². The average Bonchev–Trinajstić information content (AvgIpc) is 2.75. The molecular formula is C25H37BrN2O2. The number of hydrogen-bond acceptors (Lipinski definition) is 4. The highest BCUT2D eigenvalue weighted by Gasteiger charge is 2.35. The zero-order chi connectivity index (χ0) is 22.1. The third-order valence-corrected chi connectivity index (χ3v) is 6.96. The summed E-state index contributed by atoms with van der Waals surface area (Å²) in [6, 6.07) is 14.7. The number of hydrogen-bond donors (Lipinski definition) is 1. The summed E-state index contributed by atoms with van der Waals surface area (Å²) in [5.41, 5.74) is 8.93. The molecule has 0 saturated heterocycles. The number of benzene rings is 2. The van der Waals surface area contributed by atoms with Gasteiger partial charge >= 0.3 is 0 Å². The first-order valence-corrected chi connectivity index (χ1v) is 11.5. The summed E-state index contributed by atoms with van der Waals surface area (Å²) in [4.78, 5) is 2.40. The fourth-order valence-electron chi connectivity index (χ4n) is 4.18. The normalized spacial score (nSPS) is 13.5. The Morgan fingerprint density at radius 1 is 1.03 bits per heavy atom. The van der Waals surface area contributed by atoms with Crippen LogP contribution in [0.15, 0.2) is 46.9 Å². The van der Waals surface area contributed by atoms with E-state index in [4.69, 9.17) is 15.2 Å². The minimum atomic E-state index is -0.00964. The van der Waals surface area contributed by atoms with Gasteiger partial charge in [-0.15, -0.1) is 0 Å². The monoisotopic (exact) mass is 476 g/mol. The maximum absolute atomic E-state index is 6.36. The van der Waals surface area contributed by atoms with E-state index >= 15 is 0 Å². The van der Waals surface area contributed by atoms with Gasteiger partial charge in [0.15, 0.2) is 11.5 Å². The number of ether oxygens (including phenoxy) is 2. The first kappa shape index (κ1) is 24.7. The van der Waals surface area contributed by atoms with E-state index in [1.807, 2.05) is 6.07 Å². The van der Waals surface area contributed by atoms with Crippen LogP contribution in [0.25, 0.3) is 0 Å². The highest BCUT2D eigenvalue weighted by molar-refractivity contribution is 9.10. The molecule has 0 unspecified atom stereocenters. The largest absolute Gasteiger partial charge is 0.493 e. The number of rotatable bonds is 12. The van der Waals surface area contributed by atoms with Crippen molar-refractivity contribution in [1.29, 1.82) is 0 Å². The van der Waals surface area contributed by atoms with Gasteiger partial charge in [0.25, 0.3) is 0 Å². The molecule has 0 heterocycles. The quantitative estimate of drug-likeness (QED) is 0.452. The third-order valence-electron chi connectivity index (χ3n) is 6.27. The molecule has 2 aromatic rings. The van der Waals surface area contributed by atoms with Crippen molar-refractivity contribution in [1.82, 2.24) is 4.90 Å². The second-order valence-electron chi connectivity index (χ2n) is 8.34. The molecular weight excluding hydrogens is 440 g/mol. The number of likely N-dealkylation sites (N-methyl/N-ethyl adjacent to an activating group) is 1. The van der Waals surface area contributed by atoms with Gasteiger partial charge in [-0.1, -0.05) is 54.0 Å². The lowest BCUT2D eigenvalue weighted by Crippen LogP contribution is -2.41. The molecule has 0 spiro atoms. The van der Waals surface area contributed by atoms with E-state index in [0.29, 0.717) is 12.5 Å². The molecule has 2 rings (SSSR count). The topological polar surface area (TPSA) is 47.7 Å². The van der Waals surface area contributed by atoms with Crippen molar-refractivity contribution in [2.45, 2.75) is 38.5 Å². The van der Waals surface area contributed by atoms with Crippen molar-refractivity contribution in [3.8, 4) is 11.5 Å². The fraction of sp³-hybridized carbons (Fsp3) is 0.520. The first-order chi connectivity index (χ1) is 14.4. The van der Waals surface area contributed by atoms with Crippen LogP contribution >= 0.6 is 15.9 Å². The van der Waals surface area contributed by atoms with Gasteiger partial charge in [0.05, 0.1) is 14.2 Å². The Bertz CT molecular complexity index is 796. The van der Waals surface area contributed by atoms with Crippen LogP contribution in [-0.2, 0) is 11.8 Å². The lowest BCUT2D eigenvalue weighted by Gasteiger charge is -2.38. The fourth-order valence-corrected chi connectivity index (χ4v) is 4.86. The molecule has 166 valence electrons. The Morgan fingerprint density at radius 3 is 2.33 bits per heavy atom. The first-order valence-electron chi connectivity index (χ1n) is 10.7. The molecule has 0 aliphatic heterocycles. The third kappa shape index (κ3) is 5.99. The van der Waals surface area contributed by atoms with Crippen molar-refractivity contribution in [3.05, 3.63) is 58.1 Å². The number of nitrogens with zero attached hydrogens (tertiary/aromatic N) is 1. The summed E-state index contributed by atoms with van der Waals surface area (Å²) in [7, 11) is 5.54. The second-order valence-corrected chi connectivity index (χ2v) is 9.20. The SMILES string of the molecule is COc1ccc(CCN(C)CCC[C@](CN)(c2ccccc2Br)C(C)C)cc1OC. The molecule has 2 aromatic carbocycles. The van der Waals surface area contributed by atoms with Gasteiger partial charge in [-0.25, -0.2) is 0 Å². The zero-order valence-corrected chi connectivity index (χ0v) is 20.7. The van der Waals surface area contributed by atoms with Crippen LogP contribution in [-0.4, -0.2) is 45.8 Å². The highest BCUT2D eigenvalue weighted by Crippen LogP contribution is 2.39. The Kier molecular flexibility index (Phi) is 9.66. The van der Waals surface area contributed by atoms with Crippen LogP contribution in [0.4, 0.5) is 0 Å². The maximum atomic E-state index is 6.36. The summed E-state index contributed by atoms with van der Waals surface area (Å²) in [5, 5.41) is 0. The molecule has 0 saturated carbocycles. The van der Waals surface area contributed by atoms with E-state index in [2.05, 4.69) is 78.1 Å². The molecule has 0 fully saturated rings. The summed E-state index contributed by atoms with van der Waals surface area (Å²) < 4.78 is 11.9. The summed E-state index contributed by atoms with van der Waals surface area (Å²) >= 11 is 3.75. The van der Waals surface area contributed by atoms with Crippen molar-refractivity contribution >= 4 is 15.9 Å². The van der Waals surface area contributed by atoms with Crippen LogP contribution in [0, 0.1) is 5.92 Å². The lowest BCUT2D eigenvalue weighted by molar-refractivity contribution is 0.255. The summed E-state index contributed by atoms with van der Waals surface area (Å²) in [6.07, 6.45) is 3.16. The van der Waals surface area contributed by atoms with Crippen LogP contribution < -0.4 is 15.2 Å². The van der Waals surface area contributed by atoms with Gasteiger partial charge in [-0.3, -0.25) is 0 Å². The predicted octanol–water partition coefficient (Wildman–Crippen LogP) is 5.27. The second kappa shape index (κ2) is 11.7. The molecule has 5 heteroatoms. The molecule has 0 aromatic heterocycles. The van der Waals surface area contributed by atoms with Gasteiger partial charge in [0.2, 0.25) is 0 Å². The Morgan fingerprint density at radius 2 is 1.73 bits per heavy atom. The Labute approximate surface area is 190 Å². The molecule has 30 heavy (non-hydrogen) atoms. The predicted molar refractivity (Wildman–Crippen MR) is 130 cm³/mol. The van der Waals surface area contributed by atoms with E-state index in [-0.39, 0.29) is 5.41 Å². The number of methoxy groups -OCH3 is 2. The molecule has 4 nitrogen and oxygen atoms in total. The molecule has 0 amide bonds. The average molecular weight is 477 g/mol. The van der Waals surface area contributed by atoms with Gasteiger partial charge in [0.1, 0.15) is 0 Å². The van der Waals surface area contributed by atoms with E-state index < -0.39 is 0 Å². The van der Waals surface area contributed by atoms with Crippen molar-refractivity contribution in [2.24, 2.45) is 11.7 Å². The van der Waals surface area contributed by atoms with E-state index in [0.717, 1.165) is 48.3 Å². The minimum absolute atomic E-state index is 0.00964. The standard InChI is InChI=1S/C25H37BrN2O2/c1-19(2)25(18-27,21-9-6-7-10-22(21)26)14-8-15-28(3)16-13-20-11-12-23(29-4)24(17-20)30-5/h6-7,9-12,17,19H,8,13-16,18,27H2,1-5H3/t25-/m1/s1. The van der Waals surface area contributed by atoms with Gasteiger partial charge in [-0.2, -0.15) is 0 Å². The molecule has 0 aliphatic carbocycles. The Hall–Kier alpha value is -1.56. The number of halogens is 1. The summed E-state index contributed by atoms with van der Waals surface area (Å²) in [6.45, 7) is 7.27. The van der Waals surface area contributed by atoms with Gasteiger partial charge in [-0.05, 0) is 68.1 Å². The smallest absolute Gasteiger partial charge is 0.160 e. The van der Waals surface area contributed by atoms with E-state index in [9.17, 15) is 0 Å². The molecule has 1 atom stereocenters. The molecule has 0 bridgehead atoms. The Balaban J connectivity index is 1.95. The van der Waals surface area contributed by atoms with Crippen LogP contribution in [0.1, 0.15) is 37.8 Å². The minimum Gasteiger partial charge on any atom is -0.493 e. The molecule has 0 radical (unpaired) electrons. The van der Waals surface area contributed by atoms with Crippen LogP contribution in [0.3, 0.4) is 0 Å². The van der Waals surface area contributed by atoms with Crippen molar-refractivity contribution < 1.29 is 9.47 Å². The number of nitrogens with two attached hydrogens (primary N) is 1. The van der Waals surface area contributed by atoms with Gasteiger partial charge < -0.3 is 20.1 Å². The molecule has 2 N–H and O–H groups in total.